The van der Waals surface area contributed by atoms with E-state index >= 15 is 0 Å². The van der Waals surface area contributed by atoms with Crippen LogP contribution in [0.15, 0.2) is 71.6 Å². The first kappa shape index (κ1) is 25.0. The number of anilines is 3. The predicted molar refractivity (Wildman–Crippen MR) is 137 cm³/mol. The standard InChI is InChI=1S/C25H26N4O6S/c1-35-22-12-7-19(8-13-22)27-36(33,34)24-17-20(9-14-23(24)28-15-3-2-4-16-28)26-25(30)18-5-10-21(11-6-18)29(31)32/h5-14,17,27H,2-4,15-16H2,1H3,(H,26,30). The molecule has 0 unspecified atom stereocenters. The van der Waals surface area contributed by atoms with Crippen LogP contribution in [0.2, 0.25) is 0 Å². The number of benzene rings is 3. The minimum Gasteiger partial charge on any atom is -0.497 e. The van der Waals surface area contributed by atoms with Gasteiger partial charge in [-0.05, 0) is 73.9 Å². The van der Waals surface area contributed by atoms with Crippen molar-refractivity contribution in [1.82, 2.24) is 0 Å². The van der Waals surface area contributed by atoms with Gasteiger partial charge in [-0.3, -0.25) is 19.6 Å². The summed E-state index contributed by atoms with van der Waals surface area (Å²) in [7, 11) is -2.48. The zero-order chi connectivity index (χ0) is 25.7. The summed E-state index contributed by atoms with van der Waals surface area (Å²) in [5, 5.41) is 13.6. The second-order valence-corrected chi connectivity index (χ2v) is 9.97. The molecule has 36 heavy (non-hydrogen) atoms. The summed E-state index contributed by atoms with van der Waals surface area (Å²) in [5.74, 6) is 0.0880. The van der Waals surface area contributed by atoms with Crippen molar-refractivity contribution >= 4 is 38.7 Å². The molecule has 1 saturated heterocycles. The van der Waals surface area contributed by atoms with Gasteiger partial charge in [0, 0.05) is 42.2 Å². The van der Waals surface area contributed by atoms with Crippen LogP contribution in [0.1, 0.15) is 29.6 Å². The fourth-order valence-electron chi connectivity index (χ4n) is 4.01. The Labute approximate surface area is 209 Å². The molecule has 0 atom stereocenters. The van der Waals surface area contributed by atoms with Crippen molar-refractivity contribution in [3.63, 3.8) is 0 Å². The van der Waals surface area contributed by atoms with Crippen molar-refractivity contribution < 1.29 is 22.9 Å². The molecular weight excluding hydrogens is 484 g/mol. The number of hydrogen-bond donors (Lipinski definition) is 2. The monoisotopic (exact) mass is 510 g/mol. The molecule has 0 saturated carbocycles. The van der Waals surface area contributed by atoms with Crippen LogP contribution in [0.3, 0.4) is 0 Å². The van der Waals surface area contributed by atoms with E-state index in [0.29, 0.717) is 17.1 Å². The average molecular weight is 511 g/mol. The molecule has 1 amide bonds. The number of rotatable bonds is 8. The average Bonchev–Trinajstić information content (AvgIpc) is 2.89. The molecule has 2 N–H and O–H groups in total. The fraction of sp³-hybridized carbons (Fsp3) is 0.240. The third kappa shape index (κ3) is 5.74. The van der Waals surface area contributed by atoms with Gasteiger partial charge in [-0.2, -0.15) is 0 Å². The Morgan fingerprint density at radius 1 is 0.944 bits per heavy atom. The largest absolute Gasteiger partial charge is 0.497 e. The molecular formula is C25H26N4O6S. The molecule has 0 aromatic heterocycles. The van der Waals surface area contributed by atoms with Gasteiger partial charge in [-0.15, -0.1) is 0 Å². The number of piperidine rings is 1. The SMILES string of the molecule is COc1ccc(NS(=O)(=O)c2cc(NC(=O)c3ccc([N+](=O)[O-])cc3)ccc2N2CCCCC2)cc1. The lowest BCUT2D eigenvalue weighted by molar-refractivity contribution is -0.384. The van der Waals surface area contributed by atoms with Crippen LogP contribution in [0.4, 0.5) is 22.7 Å². The van der Waals surface area contributed by atoms with Crippen LogP contribution in [-0.4, -0.2) is 39.4 Å². The molecule has 11 heteroatoms. The van der Waals surface area contributed by atoms with E-state index in [9.17, 15) is 23.3 Å². The number of carbonyl (C=O) groups is 1. The van der Waals surface area contributed by atoms with Crippen molar-refractivity contribution in [2.24, 2.45) is 0 Å². The van der Waals surface area contributed by atoms with Gasteiger partial charge in [0.05, 0.1) is 17.7 Å². The quantitative estimate of drug-likeness (QED) is 0.333. The number of carbonyl (C=O) groups excluding carboxylic acids is 1. The number of hydrogen-bond acceptors (Lipinski definition) is 7. The summed E-state index contributed by atoms with van der Waals surface area (Å²) in [6.45, 7) is 1.47. The molecule has 0 radical (unpaired) electrons. The third-order valence-corrected chi connectivity index (χ3v) is 7.30. The number of nitrogens with zero attached hydrogens (tertiary/aromatic N) is 2. The summed E-state index contributed by atoms with van der Waals surface area (Å²) >= 11 is 0. The molecule has 1 fully saturated rings. The van der Waals surface area contributed by atoms with Gasteiger partial charge < -0.3 is 15.0 Å². The minimum absolute atomic E-state index is 0.0433. The summed E-state index contributed by atoms with van der Waals surface area (Å²) < 4.78 is 34.7. The minimum atomic E-state index is -4.01. The molecule has 188 valence electrons. The van der Waals surface area contributed by atoms with E-state index in [1.54, 1.807) is 36.4 Å². The molecule has 0 spiro atoms. The topological polar surface area (TPSA) is 131 Å². The highest BCUT2D eigenvalue weighted by Gasteiger charge is 2.24. The first-order chi connectivity index (χ1) is 17.3. The number of non-ortho nitro benzene ring substituents is 1. The highest BCUT2D eigenvalue weighted by atomic mass is 32.2. The lowest BCUT2D eigenvalue weighted by atomic mass is 10.1. The zero-order valence-corrected chi connectivity index (χ0v) is 20.5. The second-order valence-electron chi connectivity index (χ2n) is 8.32. The number of sulfonamides is 1. The predicted octanol–water partition coefficient (Wildman–Crippen LogP) is 4.65. The van der Waals surface area contributed by atoms with E-state index in [2.05, 4.69) is 10.0 Å². The van der Waals surface area contributed by atoms with E-state index in [4.69, 9.17) is 4.74 Å². The van der Waals surface area contributed by atoms with Crippen molar-refractivity contribution in [1.29, 1.82) is 0 Å². The van der Waals surface area contributed by atoms with Crippen molar-refractivity contribution in [2.75, 3.05) is 35.1 Å². The number of methoxy groups -OCH3 is 1. The molecule has 1 heterocycles. The number of nitro groups is 1. The smallest absolute Gasteiger partial charge is 0.269 e. The summed E-state index contributed by atoms with van der Waals surface area (Å²) in [4.78, 5) is 25.1. The molecule has 3 aromatic carbocycles. The molecule has 1 aliphatic heterocycles. The lowest BCUT2D eigenvalue weighted by Gasteiger charge is -2.30. The van der Waals surface area contributed by atoms with E-state index in [0.717, 1.165) is 32.4 Å². The molecule has 1 aliphatic rings. The Balaban J connectivity index is 1.64. The Morgan fingerprint density at radius 3 is 2.19 bits per heavy atom. The van der Waals surface area contributed by atoms with E-state index in [-0.39, 0.29) is 21.8 Å². The molecule has 0 aliphatic carbocycles. The molecule has 10 nitrogen and oxygen atoms in total. The van der Waals surface area contributed by atoms with Crippen molar-refractivity contribution in [3.05, 3.63) is 82.4 Å². The molecule has 4 rings (SSSR count). The first-order valence-electron chi connectivity index (χ1n) is 11.4. The maximum absolute atomic E-state index is 13.5. The van der Waals surface area contributed by atoms with E-state index in [1.807, 2.05) is 4.90 Å². The van der Waals surface area contributed by atoms with Crippen LogP contribution in [0, 0.1) is 10.1 Å². The second kappa shape index (κ2) is 10.6. The molecule has 3 aromatic rings. The first-order valence-corrected chi connectivity index (χ1v) is 12.9. The van der Waals surface area contributed by atoms with E-state index < -0.39 is 20.9 Å². The number of ether oxygens (including phenoxy) is 1. The van der Waals surface area contributed by atoms with Crippen LogP contribution in [0.25, 0.3) is 0 Å². The van der Waals surface area contributed by atoms with Crippen molar-refractivity contribution in [3.8, 4) is 5.75 Å². The zero-order valence-electron chi connectivity index (χ0n) is 19.6. The van der Waals surface area contributed by atoms with Gasteiger partial charge >= 0.3 is 0 Å². The Bertz CT molecular complexity index is 1350. The fourth-order valence-corrected chi connectivity index (χ4v) is 5.32. The van der Waals surface area contributed by atoms with Crippen molar-refractivity contribution in [2.45, 2.75) is 24.2 Å². The third-order valence-electron chi connectivity index (χ3n) is 5.89. The summed E-state index contributed by atoms with van der Waals surface area (Å²) in [6, 6.07) is 16.5. The Hall–Kier alpha value is -4.12. The lowest BCUT2D eigenvalue weighted by Crippen LogP contribution is -2.31. The van der Waals surface area contributed by atoms with E-state index in [1.165, 1.54) is 37.4 Å². The van der Waals surface area contributed by atoms with Gasteiger partial charge in [0.25, 0.3) is 21.6 Å². The maximum atomic E-state index is 13.5. The van der Waals surface area contributed by atoms with Gasteiger partial charge in [-0.25, -0.2) is 8.42 Å². The van der Waals surface area contributed by atoms with Crippen LogP contribution < -0.4 is 19.7 Å². The Morgan fingerprint density at radius 2 is 1.58 bits per heavy atom. The van der Waals surface area contributed by atoms with Gasteiger partial charge in [-0.1, -0.05) is 0 Å². The number of nitrogens with one attached hydrogen (secondary N) is 2. The molecule has 0 bridgehead atoms. The summed E-state index contributed by atoms with van der Waals surface area (Å²) in [6.07, 6.45) is 3.01. The highest BCUT2D eigenvalue weighted by molar-refractivity contribution is 7.92. The van der Waals surface area contributed by atoms with Crippen LogP contribution in [-0.2, 0) is 10.0 Å². The summed E-state index contributed by atoms with van der Waals surface area (Å²) in [5.41, 5.74) is 1.30. The normalized spacial score (nSPS) is 13.6. The van der Waals surface area contributed by atoms with Crippen LogP contribution in [0.5, 0.6) is 5.75 Å². The van der Waals surface area contributed by atoms with Gasteiger partial charge in [0.2, 0.25) is 0 Å². The van der Waals surface area contributed by atoms with Gasteiger partial charge in [0.15, 0.2) is 0 Å². The van der Waals surface area contributed by atoms with Gasteiger partial charge in [0.1, 0.15) is 10.6 Å². The Kier molecular flexibility index (Phi) is 7.39. The number of nitro benzene ring substituents is 1. The number of amides is 1. The van der Waals surface area contributed by atoms with Crippen LogP contribution >= 0.6 is 0 Å². The maximum Gasteiger partial charge on any atom is 0.269 e. The highest BCUT2D eigenvalue weighted by Crippen LogP contribution is 2.32.